The van der Waals surface area contributed by atoms with Crippen molar-refractivity contribution in [2.75, 3.05) is 18.1 Å². The molecule has 3 N–H and O–H groups in total. The SMILES string of the molecule is [2H]C([2H])([2H])Oc1cccc(NC(=O)OC(C)(C)C)c1N. The number of amides is 1. The molecule has 0 saturated heterocycles. The summed E-state index contributed by atoms with van der Waals surface area (Å²) < 4.78 is 30.9. The van der Waals surface area contributed by atoms with Gasteiger partial charge in [0.1, 0.15) is 11.4 Å². The zero-order valence-electron chi connectivity index (χ0n) is 13.0. The van der Waals surface area contributed by atoms with Gasteiger partial charge in [0.15, 0.2) is 0 Å². The Labute approximate surface area is 105 Å². The minimum absolute atomic E-state index is 0.0227. The molecule has 0 radical (unpaired) electrons. The van der Waals surface area contributed by atoms with Crippen LogP contribution in [0.1, 0.15) is 24.9 Å². The molecule has 5 heteroatoms. The third-order valence-corrected chi connectivity index (χ3v) is 1.81. The normalized spacial score (nSPS) is 14.2. The van der Waals surface area contributed by atoms with Crippen LogP contribution in [0.3, 0.4) is 0 Å². The highest BCUT2D eigenvalue weighted by Crippen LogP contribution is 2.29. The molecule has 1 rings (SSSR count). The molecule has 1 aromatic carbocycles. The van der Waals surface area contributed by atoms with Crippen LogP contribution in [0.2, 0.25) is 0 Å². The largest absolute Gasteiger partial charge is 0.495 e. The molecule has 17 heavy (non-hydrogen) atoms. The second-order valence-electron chi connectivity index (χ2n) is 4.45. The molecule has 0 aliphatic carbocycles. The summed E-state index contributed by atoms with van der Waals surface area (Å²) in [6.07, 6.45) is -0.685. The predicted molar refractivity (Wildman–Crippen MR) is 67.3 cm³/mol. The Hall–Kier alpha value is -1.91. The fourth-order valence-corrected chi connectivity index (χ4v) is 1.16. The molecular weight excluding hydrogens is 220 g/mol. The quantitative estimate of drug-likeness (QED) is 0.780. The summed E-state index contributed by atoms with van der Waals surface area (Å²) in [5, 5.41) is 2.44. The fraction of sp³-hybridized carbons (Fsp3) is 0.417. The third kappa shape index (κ3) is 3.86. The lowest BCUT2D eigenvalue weighted by Crippen LogP contribution is -2.27. The summed E-state index contributed by atoms with van der Waals surface area (Å²) in [5.41, 5.74) is 5.36. The summed E-state index contributed by atoms with van der Waals surface area (Å²) in [7, 11) is -2.61. The number of carbonyl (C=O) groups excluding carboxylic acids is 1. The van der Waals surface area contributed by atoms with Crippen molar-refractivity contribution < 1.29 is 18.4 Å². The van der Waals surface area contributed by atoms with Crippen molar-refractivity contribution in [3.63, 3.8) is 0 Å². The summed E-state index contributed by atoms with van der Waals surface area (Å²) in [6.45, 7) is 5.18. The number of hydrogen-bond acceptors (Lipinski definition) is 4. The van der Waals surface area contributed by atoms with Gasteiger partial charge in [-0.15, -0.1) is 0 Å². The van der Waals surface area contributed by atoms with Crippen molar-refractivity contribution in [2.24, 2.45) is 0 Å². The highest BCUT2D eigenvalue weighted by atomic mass is 16.6. The van der Waals surface area contributed by atoms with E-state index in [2.05, 4.69) is 5.32 Å². The molecule has 5 nitrogen and oxygen atoms in total. The maximum Gasteiger partial charge on any atom is 0.412 e. The first-order chi connectivity index (χ1) is 8.98. The fourth-order valence-electron chi connectivity index (χ4n) is 1.16. The number of nitrogens with one attached hydrogen (secondary N) is 1. The molecule has 0 fully saturated rings. The van der Waals surface area contributed by atoms with Crippen molar-refractivity contribution >= 4 is 17.5 Å². The van der Waals surface area contributed by atoms with Crippen molar-refractivity contribution in [1.82, 2.24) is 0 Å². The number of nitrogens with two attached hydrogens (primary N) is 1. The van der Waals surface area contributed by atoms with Crippen molar-refractivity contribution in [3.05, 3.63) is 18.2 Å². The molecule has 0 unspecified atom stereocenters. The Kier molecular flexibility index (Phi) is 2.66. The summed E-state index contributed by atoms with van der Waals surface area (Å²) in [5.74, 6) is -0.0291. The minimum Gasteiger partial charge on any atom is -0.495 e. The van der Waals surface area contributed by atoms with Crippen LogP contribution >= 0.6 is 0 Å². The zero-order chi connectivity index (χ0) is 15.6. The molecule has 0 bridgehead atoms. The average molecular weight is 241 g/mol. The molecule has 1 amide bonds. The Bertz CT molecular complexity index is 496. The maximum absolute atomic E-state index is 11.6. The molecule has 0 saturated carbocycles. The maximum atomic E-state index is 11.6. The van der Waals surface area contributed by atoms with E-state index in [1.807, 2.05) is 0 Å². The van der Waals surface area contributed by atoms with E-state index in [1.54, 1.807) is 20.8 Å². The smallest absolute Gasteiger partial charge is 0.412 e. The first kappa shape index (κ1) is 9.15. The van der Waals surface area contributed by atoms with Gasteiger partial charge in [0.05, 0.1) is 22.5 Å². The second kappa shape index (κ2) is 4.95. The molecule has 0 spiro atoms. The van der Waals surface area contributed by atoms with Crippen molar-refractivity contribution in [3.8, 4) is 5.75 Å². The van der Waals surface area contributed by atoms with E-state index < -0.39 is 18.7 Å². The van der Waals surface area contributed by atoms with E-state index in [4.69, 9.17) is 19.3 Å². The second-order valence-corrected chi connectivity index (χ2v) is 4.45. The first-order valence-corrected chi connectivity index (χ1v) is 5.05. The molecular formula is C12H18N2O3. The van der Waals surface area contributed by atoms with E-state index in [-0.39, 0.29) is 17.1 Å². The lowest BCUT2D eigenvalue weighted by Gasteiger charge is -2.20. The molecule has 0 aliphatic heterocycles. The molecule has 0 heterocycles. The number of rotatable bonds is 2. The molecule has 0 atom stereocenters. The minimum atomic E-state index is -2.61. The van der Waals surface area contributed by atoms with Gasteiger partial charge in [0.2, 0.25) is 0 Å². The number of hydrogen-bond donors (Lipinski definition) is 2. The van der Waals surface area contributed by atoms with E-state index in [9.17, 15) is 4.79 Å². The Morgan fingerprint density at radius 2 is 2.18 bits per heavy atom. The number of anilines is 2. The number of ether oxygens (including phenoxy) is 2. The monoisotopic (exact) mass is 241 g/mol. The Morgan fingerprint density at radius 3 is 2.76 bits per heavy atom. The van der Waals surface area contributed by atoms with Crippen LogP contribution in [0.4, 0.5) is 16.2 Å². The van der Waals surface area contributed by atoms with E-state index in [0.29, 0.717) is 0 Å². The molecule has 0 aromatic heterocycles. The van der Waals surface area contributed by atoms with Gasteiger partial charge in [0, 0.05) is 0 Å². The van der Waals surface area contributed by atoms with Gasteiger partial charge in [-0.3, -0.25) is 5.32 Å². The average Bonchev–Trinajstić information content (AvgIpc) is 2.19. The molecule has 1 aromatic rings. The summed E-state index contributed by atoms with van der Waals surface area (Å²) in [6, 6.07) is 4.44. The number of benzene rings is 1. The summed E-state index contributed by atoms with van der Waals surface area (Å²) in [4.78, 5) is 11.6. The molecule has 0 aliphatic rings. The van der Waals surface area contributed by atoms with Crippen LogP contribution < -0.4 is 15.8 Å². The summed E-state index contributed by atoms with van der Waals surface area (Å²) >= 11 is 0. The Balaban J connectivity index is 2.87. The van der Waals surface area contributed by atoms with Crippen LogP contribution in [0, 0.1) is 0 Å². The van der Waals surface area contributed by atoms with Crippen LogP contribution in [-0.4, -0.2) is 18.7 Å². The van der Waals surface area contributed by atoms with Crippen molar-refractivity contribution in [1.29, 1.82) is 0 Å². The van der Waals surface area contributed by atoms with E-state index >= 15 is 0 Å². The number of methoxy groups -OCH3 is 1. The van der Waals surface area contributed by atoms with E-state index in [0.717, 1.165) is 0 Å². The Morgan fingerprint density at radius 1 is 1.47 bits per heavy atom. The van der Waals surface area contributed by atoms with Crippen LogP contribution in [0.15, 0.2) is 18.2 Å². The predicted octanol–water partition coefficient (Wildman–Crippen LogP) is 2.62. The number of nitrogen functional groups attached to an aromatic ring is 1. The standard InChI is InChI=1S/C12H18N2O3/c1-12(2,3)17-11(15)14-8-6-5-7-9(16-4)10(8)13/h5-7H,13H2,1-4H3,(H,14,15)/i4D3. The van der Waals surface area contributed by atoms with Gasteiger partial charge in [0.25, 0.3) is 0 Å². The lowest BCUT2D eigenvalue weighted by molar-refractivity contribution is 0.0636. The number of carbonyl (C=O) groups is 1. The van der Waals surface area contributed by atoms with Gasteiger partial charge in [-0.05, 0) is 32.9 Å². The zero-order valence-corrected chi connectivity index (χ0v) is 10.0. The van der Waals surface area contributed by atoms with Crippen molar-refractivity contribution in [2.45, 2.75) is 26.4 Å². The first-order valence-electron chi connectivity index (χ1n) is 6.55. The van der Waals surface area contributed by atoms with Crippen LogP contribution in [0.25, 0.3) is 0 Å². The van der Waals surface area contributed by atoms with Gasteiger partial charge in [-0.2, -0.15) is 0 Å². The van der Waals surface area contributed by atoms with Gasteiger partial charge in [-0.25, -0.2) is 4.79 Å². The van der Waals surface area contributed by atoms with Gasteiger partial charge < -0.3 is 15.2 Å². The highest BCUT2D eigenvalue weighted by molar-refractivity contribution is 5.90. The van der Waals surface area contributed by atoms with Crippen LogP contribution in [-0.2, 0) is 4.74 Å². The molecule has 94 valence electrons. The van der Waals surface area contributed by atoms with E-state index in [1.165, 1.54) is 18.2 Å². The van der Waals surface area contributed by atoms with Crippen LogP contribution in [0.5, 0.6) is 5.75 Å². The van der Waals surface area contributed by atoms with Gasteiger partial charge >= 0.3 is 6.09 Å². The van der Waals surface area contributed by atoms with Gasteiger partial charge in [-0.1, -0.05) is 6.07 Å². The lowest BCUT2D eigenvalue weighted by atomic mass is 10.2. The number of para-hydroxylation sites is 1. The highest BCUT2D eigenvalue weighted by Gasteiger charge is 2.17. The topological polar surface area (TPSA) is 73.6 Å². The third-order valence-electron chi connectivity index (χ3n) is 1.81.